The zero-order valence-electron chi connectivity index (χ0n) is 19.9. The van der Waals surface area contributed by atoms with E-state index in [2.05, 4.69) is 22.2 Å². The van der Waals surface area contributed by atoms with Crippen molar-refractivity contribution < 1.29 is 9.53 Å². The number of carbonyl (C=O) groups is 1. The fourth-order valence-electron chi connectivity index (χ4n) is 4.33. The quantitative estimate of drug-likeness (QED) is 0.360. The third kappa shape index (κ3) is 7.45. The maximum atomic E-state index is 12.6. The van der Waals surface area contributed by atoms with Crippen LogP contribution in [0.4, 0.5) is 10.5 Å². The Kier molecular flexibility index (Phi) is 9.05. The first-order chi connectivity index (χ1) is 17.0. The molecule has 0 aromatic heterocycles. The fraction of sp³-hybridized carbons (Fsp3) is 0.321. The van der Waals surface area contributed by atoms with Crippen LogP contribution in [0.2, 0.25) is 10.0 Å². The van der Waals surface area contributed by atoms with Crippen molar-refractivity contribution in [1.29, 1.82) is 0 Å². The average Bonchev–Trinajstić information content (AvgIpc) is 2.86. The van der Waals surface area contributed by atoms with Gasteiger partial charge < -0.3 is 14.5 Å². The molecule has 7 heteroatoms. The lowest BCUT2D eigenvalue weighted by Gasteiger charge is -2.32. The van der Waals surface area contributed by atoms with Gasteiger partial charge in [0.1, 0.15) is 6.10 Å². The number of amides is 1. The van der Waals surface area contributed by atoms with E-state index in [1.165, 1.54) is 0 Å². The SMILES string of the molecule is CN(CCN1CCC(OC(=O)Nc2ccccc2-c2ccccc2)CC1)Cc1ccc(Cl)cc1Cl. The molecule has 3 aromatic carbocycles. The topological polar surface area (TPSA) is 44.8 Å². The van der Waals surface area contributed by atoms with Crippen molar-refractivity contribution in [2.75, 3.05) is 38.5 Å². The van der Waals surface area contributed by atoms with Crippen LogP contribution >= 0.6 is 23.2 Å². The van der Waals surface area contributed by atoms with E-state index in [4.69, 9.17) is 27.9 Å². The number of likely N-dealkylation sites (tertiary alicyclic amines) is 1. The van der Waals surface area contributed by atoms with Crippen LogP contribution < -0.4 is 5.32 Å². The average molecular weight is 512 g/mol. The van der Waals surface area contributed by atoms with Gasteiger partial charge in [-0.25, -0.2) is 4.79 Å². The number of likely N-dealkylation sites (N-methyl/N-ethyl adjacent to an activating group) is 1. The summed E-state index contributed by atoms with van der Waals surface area (Å²) >= 11 is 12.3. The standard InChI is InChI=1S/C28H31Cl2N3O2/c1-32(20-22-11-12-23(29)19-26(22)30)17-18-33-15-13-24(14-16-33)35-28(34)31-27-10-6-5-9-25(27)21-7-3-2-4-8-21/h2-12,19,24H,13-18,20H2,1H3,(H,31,34). The maximum absolute atomic E-state index is 12.6. The molecule has 4 rings (SSSR count). The van der Waals surface area contributed by atoms with Gasteiger partial charge in [0.2, 0.25) is 0 Å². The second-order valence-corrected chi connectivity index (χ2v) is 9.80. The number of hydrogen-bond acceptors (Lipinski definition) is 4. The summed E-state index contributed by atoms with van der Waals surface area (Å²) in [6.07, 6.45) is 1.20. The molecular formula is C28H31Cl2N3O2. The first kappa shape index (κ1) is 25.5. The fourth-order valence-corrected chi connectivity index (χ4v) is 4.80. The summed E-state index contributed by atoms with van der Waals surface area (Å²) in [4.78, 5) is 17.3. The number of halogens is 2. The third-order valence-corrected chi connectivity index (χ3v) is 6.90. The van der Waals surface area contributed by atoms with Gasteiger partial charge >= 0.3 is 6.09 Å². The summed E-state index contributed by atoms with van der Waals surface area (Å²) in [5, 5.41) is 4.29. The van der Waals surface area contributed by atoms with Crippen molar-refractivity contribution in [1.82, 2.24) is 9.80 Å². The number of ether oxygens (including phenoxy) is 1. The summed E-state index contributed by atoms with van der Waals surface area (Å²) < 4.78 is 5.75. The second-order valence-electron chi connectivity index (χ2n) is 8.96. The van der Waals surface area contributed by atoms with Gasteiger partial charge in [0.05, 0.1) is 5.69 Å². The van der Waals surface area contributed by atoms with Gasteiger partial charge in [0.25, 0.3) is 0 Å². The van der Waals surface area contributed by atoms with Crippen molar-refractivity contribution in [3.05, 3.63) is 88.4 Å². The molecule has 1 heterocycles. The highest BCUT2D eigenvalue weighted by atomic mass is 35.5. The minimum atomic E-state index is -0.397. The predicted octanol–water partition coefficient (Wildman–Crippen LogP) is 6.81. The number of piperidine rings is 1. The van der Waals surface area contributed by atoms with Crippen LogP contribution in [0.1, 0.15) is 18.4 Å². The van der Waals surface area contributed by atoms with E-state index >= 15 is 0 Å². The van der Waals surface area contributed by atoms with Crippen LogP contribution in [-0.4, -0.2) is 55.2 Å². The molecule has 1 aliphatic rings. The normalized spacial score (nSPS) is 14.7. The van der Waals surface area contributed by atoms with Gasteiger partial charge in [0.15, 0.2) is 0 Å². The smallest absolute Gasteiger partial charge is 0.411 e. The Labute approximate surface area is 217 Å². The van der Waals surface area contributed by atoms with Crippen LogP contribution in [-0.2, 0) is 11.3 Å². The van der Waals surface area contributed by atoms with E-state index in [9.17, 15) is 4.79 Å². The van der Waals surface area contributed by atoms with Crippen molar-refractivity contribution in [3.8, 4) is 11.1 Å². The molecule has 0 bridgehead atoms. The summed E-state index contributed by atoms with van der Waals surface area (Å²) in [5.41, 5.74) is 3.86. The first-order valence-corrected chi connectivity index (χ1v) is 12.7. The van der Waals surface area contributed by atoms with Crippen LogP contribution in [0.5, 0.6) is 0 Å². The van der Waals surface area contributed by atoms with Crippen LogP contribution in [0.25, 0.3) is 11.1 Å². The molecule has 0 aliphatic carbocycles. The Hall–Kier alpha value is -2.57. The molecule has 35 heavy (non-hydrogen) atoms. The highest BCUT2D eigenvalue weighted by Crippen LogP contribution is 2.28. The highest BCUT2D eigenvalue weighted by molar-refractivity contribution is 6.35. The van der Waals surface area contributed by atoms with Crippen LogP contribution in [0.15, 0.2) is 72.8 Å². The van der Waals surface area contributed by atoms with Gasteiger partial charge in [0, 0.05) is 48.3 Å². The Morgan fingerprint density at radius 3 is 2.49 bits per heavy atom. The number of nitrogens with one attached hydrogen (secondary N) is 1. The molecule has 1 fully saturated rings. The molecule has 0 radical (unpaired) electrons. The molecule has 0 saturated carbocycles. The van der Waals surface area contributed by atoms with Crippen LogP contribution in [0, 0.1) is 0 Å². The number of anilines is 1. The molecular weight excluding hydrogens is 481 g/mol. The zero-order valence-corrected chi connectivity index (χ0v) is 21.4. The number of benzene rings is 3. The van der Waals surface area contributed by atoms with E-state index in [1.54, 1.807) is 6.07 Å². The van der Waals surface area contributed by atoms with Gasteiger partial charge in [-0.3, -0.25) is 5.32 Å². The monoisotopic (exact) mass is 511 g/mol. The zero-order chi connectivity index (χ0) is 24.6. The van der Waals surface area contributed by atoms with Crippen molar-refractivity contribution in [2.45, 2.75) is 25.5 Å². The summed E-state index contributed by atoms with van der Waals surface area (Å²) in [5.74, 6) is 0. The van der Waals surface area contributed by atoms with Crippen molar-refractivity contribution in [2.24, 2.45) is 0 Å². The summed E-state index contributed by atoms with van der Waals surface area (Å²) in [7, 11) is 2.10. The Bertz CT molecular complexity index is 1120. The largest absolute Gasteiger partial charge is 0.446 e. The maximum Gasteiger partial charge on any atom is 0.411 e. The first-order valence-electron chi connectivity index (χ1n) is 11.9. The minimum Gasteiger partial charge on any atom is -0.446 e. The lowest BCUT2D eigenvalue weighted by atomic mass is 10.0. The molecule has 1 amide bonds. The molecule has 0 spiro atoms. The lowest BCUT2D eigenvalue weighted by Crippen LogP contribution is -2.41. The van der Waals surface area contributed by atoms with E-state index in [0.717, 1.165) is 67.9 Å². The predicted molar refractivity (Wildman–Crippen MR) is 144 cm³/mol. The number of rotatable bonds is 8. The molecule has 184 valence electrons. The second kappa shape index (κ2) is 12.4. The molecule has 1 aliphatic heterocycles. The Balaban J connectivity index is 1.20. The Morgan fingerprint density at radius 1 is 1.03 bits per heavy atom. The van der Waals surface area contributed by atoms with Crippen molar-refractivity contribution >= 4 is 35.0 Å². The number of para-hydroxylation sites is 1. The van der Waals surface area contributed by atoms with Gasteiger partial charge in [-0.1, -0.05) is 77.8 Å². The van der Waals surface area contributed by atoms with Gasteiger partial charge in [-0.05, 0) is 49.2 Å². The van der Waals surface area contributed by atoms with Crippen LogP contribution in [0.3, 0.4) is 0 Å². The lowest BCUT2D eigenvalue weighted by molar-refractivity contribution is 0.0563. The molecule has 0 unspecified atom stereocenters. The van der Waals surface area contributed by atoms with Gasteiger partial charge in [-0.15, -0.1) is 0 Å². The van der Waals surface area contributed by atoms with E-state index in [0.29, 0.717) is 10.0 Å². The number of nitrogens with zero attached hydrogens (tertiary/aromatic N) is 2. The molecule has 3 aromatic rings. The minimum absolute atomic E-state index is 0.0688. The number of carbonyl (C=O) groups excluding carboxylic acids is 1. The molecule has 0 atom stereocenters. The Morgan fingerprint density at radius 2 is 1.74 bits per heavy atom. The van der Waals surface area contributed by atoms with Gasteiger partial charge in [-0.2, -0.15) is 0 Å². The highest BCUT2D eigenvalue weighted by Gasteiger charge is 2.23. The summed E-state index contributed by atoms with van der Waals surface area (Å²) in [6.45, 7) is 4.49. The van der Waals surface area contributed by atoms with E-state index < -0.39 is 6.09 Å². The van der Waals surface area contributed by atoms with E-state index in [-0.39, 0.29) is 6.10 Å². The molecule has 5 nitrogen and oxygen atoms in total. The van der Waals surface area contributed by atoms with E-state index in [1.807, 2.05) is 66.7 Å². The molecule has 1 N–H and O–H groups in total. The summed E-state index contributed by atoms with van der Waals surface area (Å²) in [6, 6.07) is 23.4. The molecule has 1 saturated heterocycles. The third-order valence-electron chi connectivity index (χ3n) is 6.31. The van der Waals surface area contributed by atoms with Crippen molar-refractivity contribution in [3.63, 3.8) is 0 Å². The number of hydrogen-bond donors (Lipinski definition) is 1.